The van der Waals surface area contributed by atoms with E-state index in [0.717, 1.165) is 55.1 Å². The minimum Gasteiger partial charge on any atom is -0.370 e. The van der Waals surface area contributed by atoms with Crippen LogP contribution in [0.2, 0.25) is 0 Å². The molecular weight excluding hydrogens is 342 g/mol. The third-order valence-corrected chi connectivity index (χ3v) is 4.91. The second-order valence-corrected chi connectivity index (χ2v) is 7.04. The van der Waals surface area contributed by atoms with Gasteiger partial charge < -0.3 is 15.0 Å². The number of amides is 2. The van der Waals surface area contributed by atoms with E-state index in [1.54, 1.807) is 6.20 Å². The summed E-state index contributed by atoms with van der Waals surface area (Å²) in [5.74, 6) is 0. The lowest BCUT2D eigenvalue weighted by Crippen LogP contribution is -2.45. The number of nitrogens with zero attached hydrogens (tertiary/aromatic N) is 4. The van der Waals surface area contributed by atoms with Crippen LogP contribution in [-0.2, 0) is 17.9 Å². The SMILES string of the molecule is CCCn1nc(C)c(NC(=O)N2CCC[C@@H](OCc3ccccn3)C2)c1C. The molecule has 1 saturated heterocycles. The van der Waals surface area contributed by atoms with Crippen LogP contribution in [0.5, 0.6) is 0 Å². The largest absolute Gasteiger partial charge is 0.370 e. The summed E-state index contributed by atoms with van der Waals surface area (Å²) in [5, 5.41) is 7.58. The molecule has 0 bridgehead atoms. The minimum atomic E-state index is -0.0802. The van der Waals surface area contributed by atoms with Crippen molar-refractivity contribution in [2.75, 3.05) is 18.4 Å². The van der Waals surface area contributed by atoms with Gasteiger partial charge in [-0.05, 0) is 45.2 Å². The highest BCUT2D eigenvalue weighted by Gasteiger charge is 2.25. The van der Waals surface area contributed by atoms with Crippen molar-refractivity contribution < 1.29 is 9.53 Å². The maximum Gasteiger partial charge on any atom is 0.322 e. The molecule has 0 saturated carbocycles. The average molecular weight is 371 g/mol. The summed E-state index contributed by atoms with van der Waals surface area (Å²) in [5.41, 5.74) is 3.59. The van der Waals surface area contributed by atoms with E-state index in [1.165, 1.54) is 0 Å². The number of urea groups is 1. The van der Waals surface area contributed by atoms with Crippen molar-refractivity contribution in [2.24, 2.45) is 0 Å². The summed E-state index contributed by atoms with van der Waals surface area (Å²) >= 11 is 0. The molecule has 0 aliphatic carbocycles. The molecule has 2 aromatic rings. The van der Waals surface area contributed by atoms with Crippen molar-refractivity contribution in [3.05, 3.63) is 41.5 Å². The third kappa shape index (κ3) is 4.86. The Kier molecular flexibility index (Phi) is 6.45. The van der Waals surface area contributed by atoms with Crippen molar-refractivity contribution in [2.45, 2.75) is 59.3 Å². The van der Waals surface area contributed by atoms with Crippen molar-refractivity contribution in [1.82, 2.24) is 19.7 Å². The number of likely N-dealkylation sites (tertiary alicyclic amines) is 1. The Balaban J connectivity index is 1.57. The number of pyridine rings is 1. The van der Waals surface area contributed by atoms with E-state index >= 15 is 0 Å². The molecule has 0 radical (unpaired) electrons. The summed E-state index contributed by atoms with van der Waals surface area (Å²) < 4.78 is 7.94. The zero-order chi connectivity index (χ0) is 19.2. The predicted molar refractivity (Wildman–Crippen MR) is 105 cm³/mol. The van der Waals surface area contributed by atoms with Crippen molar-refractivity contribution >= 4 is 11.7 Å². The fourth-order valence-electron chi connectivity index (χ4n) is 3.44. The number of nitrogens with one attached hydrogen (secondary N) is 1. The highest BCUT2D eigenvalue weighted by atomic mass is 16.5. The lowest BCUT2D eigenvalue weighted by atomic mass is 10.1. The first-order valence-corrected chi connectivity index (χ1v) is 9.70. The van der Waals surface area contributed by atoms with Gasteiger partial charge in [-0.1, -0.05) is 13.0 Å². The molecule has 0 unspecified atom stereocenters. The zero-order valence-electron chi connectivity index (χ0n) is 16.4. The Morgan fingerprint density at radius 3 is 2.96 bits per heavy atom. The summed E-state index contributed by atoms with van der Waals surface area (Å²) in [7, 11) is 0. The van der Waals surface area contributed by atoms with E-state index in [9.17, 15) is 4.79 Å². The number of ether oxygens (including phenoxy) is 1. The molecule has 1 aliphatic rings. The van der Waals surface area contributed by atoms with Crippen LogP contribution < -0.4 is 5.32 Å². The van der Waals surface area contributed by atoms with E-state index in [0.29, 0.717) is 13.2 Å². The smallest absolute Gasteiger partial charge is 0.322 e. The lowest BCUT2D eigenvalue weighted by molar-refractivity contribution is -0.000327. The second kappa shape index (κ2) is 8.99. The highest BCUT2D eigenvalue weighted by molar-refractivity contribution is 5.90. The molecule has 7 heteroatoms. The molecule has 1 N–H and O–H groups in total. The van der Waals surface area contributed by atoms with Gasteiger partial charge in [-0.2, -0.15) is 5.10 Å². The fraction of sp³-hybridized carbons (Fsp3) is 0.550. The van der Waals surface area contributed by atoms with Crippen molar-refractivity contribution in [3.8, 4) is 0 Å². The van der Waals surface area contributed by atoms with Crippen LogP contribution in [0.25, 0.3) is 0 Å². The van der Waals surface area contributed by atoms with Gasteiger partial charge in [0, 0.05) is 25.8 Å². The summed E-state index contributed by atoms with van der Waals surface area (Å²) in [6, 6.07) is 5.72. The van der Waals surface area contributed by atoms with Crippen LogP contribution in [0.15, 0.2) is 24.4 Å². The maximum absolute atomic E-state index is 12.8. The van der Waals surface area contributed by atoms with Crippen molar-refractivity contribution in [3.63, 3.8) is 0 Å². The fourth-order valence-corrected chi connectivity index (χ4v) is 3.44. The first-order chi connectivity index (χ1) is 13.1. The molecule has 146 valence electrons. The number of piperidine rings is 1. The number of aryl methyl sites for hydroxylation is 2. The van der Waals surface area contributed by atoms with E-state index < -0.39 is 0 Å². The molecule has 1 atom stereocenters. The van der Waals surface area contributed by atoms with E-state index in [2.05, 4.69) is 22.3 Å². The van der Waals surface area contributed by atoms with Crippen LogP contribution in [0.3, 0.4) is 0 Å². The van der Waals surface area contributed by atoms with Gasteiger partial charge in [-0.25, -0.2) is 4.79 Å². The summed E-state index contributed by atoms with van der Waals surface area (Å²) in [4.78, 5) is 18.9. The molecule has 1 fully saturated rings. The topological polar surface area (TPSA) is 72.3 Å². The summed E-state index contributed by atoms with van der Waals surface area (Å²) in [6.07, 6.45) is 4.71. The highest BCUT2D eigenvalue weighted by Crippen LogP contribution is 2.22. The predicted octanol–water partition coefficient (Wildman–Crippen LogP) is 3.52. The molecular formula is C20H29N5O2. The van der Waals surface area contributed by atoms with Gasteiger partial charge in [0.2, 0.25) is 0 Å². The molecule has 2 aromatic heterocycles. The van der Waals surface area contributed by atoms with Crippen LogP contribution in [0.4, 0.5) is 10.5 Å². The standard InChI is InChI=1S/C20H29N5O2/c1-4-11-25-16(3)19(15(2)23-25)22-20(26)24-12-7-9-18(13-24)27-14-17-8-5-6-10-21-17/h5-6,8,10,18H,4,7,9,11-14H2,1-3H3,(H,22,26)/t18-/m1/s1. The Morgan fingerprint density at radius 1 is 1.37 bits per heavy atom. The Bertz CT molecular complexity index is 759. The van der Waals surface area contributed by atoms with Gasteiger partial charge in [-0.3, -0.25) is 9.67 Å². The third-order valence-electron chi connectivity index (χ3n) is 4.91. The first kappa shape index (κ1) is 19.4. The molecule has 27 heavy (non-hydrogen) atoms. The number of anilines is 1. The second-order valence-electron chi connectivity index (χ2n) is 7.04. The van der Waals surface area contributed by atoms with Crippen LogP contribution >= 0.6 is 0 Å². The maximum atomic E-state index is 12.8. The van der Waals surface area contributed by atoms with Crippen LogP contribution in [0, 0.1) is 13.8 Å². The van der Waals surface area contributed by atoms with Gasteiger partial charge in [0.25, 0.3) is 0 Å². The molecule has 1 aliphatic heterocycles. The van der Waals surface area contributed by atoms with Gasteiger partial charge in [0.15, 0.2) is 0 Å². The Hall–Kier alpha value is -2.41. The van der Waals surface area contributed by atoms with Gasteiger partial charge in [0.1, 0.15) is 0 Å². The number of carbonyl (C=O) groups is 1. The van der Waals surface area contributed by atoms with Gasteiger partial charge in [-0.15, -0.1) is 0 Å². The normalized spacial score (nSPS) is 17.1. The Morgan fingerprint density at radius 2 is 2.22 bits per heavy atom. The minimum absolute atomic E-state index is 0.0384. The molecule has 2 amide bonds. The Labute approximate surface area is 160 Å². The number of hydrogen-bond donors (Lipinski definition) is 1. The molecule has 3 rings (SSSR count). The van der Waals surface area contributed by atoms with E-state index in [4.69, 9.17) is 4.74 Å². The van der Waals surface area contributed by atoms with Crippen molar-refractivity contribution in [1.29, 1.82) is 0 Å². The molecule has 0 spiro atoms. The number of hydrogen-bond acceptors (Lipinski definition) is 4. The summed E-state index contributed by atoms with van der Waals surface area (Å²) in [6.45, 7) is 8.73. The van der Waals surface area contributed by atoms with Crippen LogP contribution in [0.1, 0.15) is 43.3 Å². The van der Waals surface area contributed by atoms with Crippen LogP contribution in [-0.4, -0.2) is 44.9 Å². The molecule has 0 aromatic carbocycles. The lowest BCUT2D eigenvalue weighted by Gasteiger charge is -2.32. The zero-order valence-corrected chi connectivity index (χ0v) is 16.4. The molecule has 3 heterocycles. The number of aromatic nitrogens is 3. The first-order valence-electron chi connectivity index (χ1n) is 9.70. The van der Waals surface area contributed by atoms with Gasteiger partial charge >= 0.3 is 6.03 Å². The van der Waals surface area contributed by atoms with E-state index in [1.807, 2.05) is 41.6 Å². The molecule has 7 nitrogen and oxygen atoms in total. The van der Waals surface area contributed by atoms with Gasteiger partial charge in [0.05, 0.1) is 35.5 Å². The monoisotopic (exact) mass is 371 g/mol. The average Bonchev–Trinajstić information content (AvgIpc) is 2.95. The quantitative estimate of drug-likeness (QED) is 0.843. The number of carbonyl (C=O) groups excluding carboxylic acids is 1. The number of rotatable bonds is 6. The van der Waals surface area contributed by atoms with E-state index in [-0.39, 0.29) is 12.1 Å².